The molecule has 1 N–H and O–H groups in total. The van der Waals surface area contributed by atoms with Crippen LogP contribution in [-0.4, -0.2) is 31.8 Å². The number of anilines is 2. The Kier molecular flexibility index (Phi) is 6.15. The quantitative estimate of drug-likeness (QED) is 0.332. The first kappa shape index (κ1) is 25.2. The van der Waals surface area contributed by atoms with E-state index in [-0.39, 0.29) is 28.1 Å². The monoisotopic (exact) mass is 590 g/mol. The van der Waals surface area contributed by atoms with Crippen LogP contribution in [0.4, 0.5) is 11.4 Å². The summed E-state index contributed by atoms with van der Waals surface area (Å²) in [7, 11) is 0. The summed E-state index contributed by atoms with van der Waals surface area (Å²) >= 11 is 39.2. The van der Waals surface area contributed by atoms with Crippen molar-refractivity contribution in [1.29, 1.82) is 0 Å². The van der Waals surface area contributed by atoms with Gasteiger partial charge in [0, 0.05) is 12.1 Å². The van der Waals surface area contributed by atoms with E-state index in [1.165, 1.54) is 6.07 Å². The minimum Gasteiger partial charge on any atom is -0.326 e. The average Bonchev–Trinajstić information content (AvgIpc) is 3.22. The number of allylic oxidation sites excluding steroid dienone is 2. The van der Waals surface area contributed by atoms with Gasteiger partial charge in [-0.3, -0.25) is 14.4 Å². The molecular weight excluding hydrogens is 577 g/mol. The Morgan fingerprint density at radius 2 is 1.43 bits per heavy atom. The molecule has 11 heteroatoms. The Hall–Kier alpha value is -1.47. The van der Waals surface area contributed by atoms with Crippen LogP contribution in [0.15, 0.2) is 64.7 Å². The number of imide groups is 1. The molecule has 1 saturated heterocycles. The van der Waals surface area contributed by atoms with Crippen molar-refractivity contribution in [3.05, 3.63) is 70.2 Å². The Bertz CT molecular complexity index is 1250. The molecule has 5 rings (SSSR count). The van der Waals surface area contributed by atoms with E-state index in [0.717, 1.165) is 10.5 Å². The molecule has 2 aromatic carbocycles. The zero-order chi connectivity index (χ0) is 25.3. The first-order valence-electron chi connectivity index (χ1n) is 10.6. The van der Waals surface area contributed by atoms with Gasteiger partial charge in [-0.25, -0.2) is 4.90 Å². The molecule has 5 nitrogen and oxygen atoms in total. The minimum absolute atomic E-state index is 0.149. The zero-order valence-electron chi connectivity index (χ0n) is 17.7. The molecule has 3 amide bonds. The number of rotatable bonds is 5. The van der Waals surface area contributed by atoms with Crippen LogP contribution in [0, 0.1) is 11.8 Å². The predicted molar refractivity (Wildman–Crippen MR) is 140 cm³/mol. The van der Waals surface area contributed by atoms with Gasteiger partial charge in [-0.2, -0.15) is 0 Å². The maximum atomic E-state index is 13.5. The van der Waals surface area contributed by atoms with Gasteiger partial charge in [0.1, 0.15) is 9.75 Å². The normalized spacial score (nSPS) is 30.7. The molecule has 2 bridgehead atoms. The molecule has 0 radical (unpaired) electrons. The number of nitrogens with zero attached hydrogens (tertiary/aromatic N) is 1. The number of halogens is 6. The fourth-order valence-electron chi connectivity index (χ4n) is 5.10. The van der Waals surface area contributed by atoms with Crippen molar-refractivity contribution >= 4 is 98.7 Å². The average molecular weight is 593 g/mol. The van der Waals surface area contributed by atoms with E-state index in [1.54, 1.807) is 18.2 Å². The molecule has 2 aromatic rings. The van der Waals surface area contributed by atoms with Gasteiger partial charge in [0.05, 0.1) is 27.6 Å². The zero-order valence-corrected chi connectivity index (χ0v) is 22.2. The summed E-state index contributed by atoms with van der Waals surface area (Å²) in [5.74, 6) is -3.96. The third kappa shape index (κ3) is 3.32. The van der Waals surface area contributed by atoms with Crippen LogP contribution < -0.4 is 10.2 Å². The maximum Gasteiger partial charge on any atom is 0.240 e. The van der Waals surface area contributed by atoms with Crippen molar-refractivity contribution in [2.24, 2.45) is 11.8 Å². The molecule has 35 heavy (non-hydrogen) atoms. The van der Waals surface area contributed by atoms with Crippen LogP contribution in [0.25, 0.3) is 0 Å². The number of carbonyl (C=O) groups excluding carboxylic acids is 3. The third-order valence-electron chi connectivity index (χ3n) is 6.78. The van der Waals surface area contributed by atoms with Gasteiger partial charge in [0.15, 0.2) is 4.33 Å². The fourth-order valence-corrected chi connectivity index (χ4v) is 8.03. The summed E-state index contributed by atoms with van der Waals surface area (Å²) in [6.45, 7) is 0. The van der Waals surface area contributed by atoms with E-state index in [4.69, 9.17) is 69.6 Å². The number of hydrogen-bond acceptors (Lipinski definition) is 3. The van der Waals surface area contributed by atoms with Crippen LogP contribution in [-0.2, 0) is 20.8 Å². The molecule has 0 aromatic heterocycles. The summed E-state index contributed by atoms with van der Waals surface area (Å²) in [4.78, 5) is 36.7. The highest BCUT2D eigenvalue weighted by molar-refractivity contribution is 6.67. The van der Waals surface area contributed by atoms with Gasteiger partial charge < -0.3 is 5.32 Å². The summed E-state index contributed by atoms with van der Waals surface area (Å²) in [6.07, 6.45) is 0.835. The van der Waals surface area contributed by atoms with Crippen LogP contribution in [0.3, 0.4) is 0 Å². The van der Waals surface area contributed by atoms with Crippen molar-refractivity contribution in [1.82, 2.24) is 0 Å². The lowest BCUT2D eigenvalue weighted by Gasteiger charge is -2.34. The smallest absolute Gasteiger partial charge is 0.240 e. The second kappa shape index (κ2) is 8.54. The Morgan fingerprint density at radius 3 is 2.00 bits per heavy atom. The van der Waals surface area contributed by atoms with Crippen LogP contribution in [0.5, 0.6) is 0 Å². The number of amides is 3. The third-order valence-corrected chi connectivity index (χ3v) is 11.0. The number of aryl methyl sites for hydroxylation is 1. The van der Waals surface area contributed by atoms with E-state index < -0.39 is 37.7 Å². The van der Waals surface area contributed by atoms with Crippen molar-refractivity contribution in [3.63, 3.8) is 0 Å². The molecular formula is C24H16Cl6N2O3. The minimum atomic E-state index is -1.99. The molecule has 1 heterocycles. The largest absolute Gasteiger partial charge is 0.326 e. The van der Waals surface area contributed by atoms with Crippen LogP contribution in [0.1, 0.15) is 12.0 Å². The fraction of sp³-hybridized carbons (Fsp3) is 0.292. The molecule has 4 atom stereocenters. The van der Waals surface area contributed by atoms with Crippen LogP contribution in [0.2, 0.25) is 0 Å². The molecule has 2 aliphatic carbocycles. The van der Waals surface area contributed by atoms with E-state index in [2.05, 4.69) is 5.32 Å². The van der Waals surface area contributed by atoms with E-state index in [9.17, 15) is 14.4 Å². The summed E-state index contributed by atoms with van der Waals surface area (Å²) in [5, 5.41) is 2.50. The molecule has 1 saturated carbocycles. The standard InChI is InChI=1S/C24H16Cl6N2O3/c25-18-19(26)23(28)17-16(22(18,27)24(23,29)30)20(34)32(21(17)35)14-8-4-7-13(11-14)31-15(33)10-9-12-5-2-1-3-6-12/h1-8,11,16-17H,9-10H2,(H,31,33)/t16-,17-,22-,23-/m0/s1. The Labute approximate surface area is 231 Å². The number of carbonyl (C=O) groups is 3. The number of fused-ring (bicyclic) bond motifs is 5. The van der Waals surface area contributed by atoms with Crippen LogP contribution >= 0.6 is 69.6 Å². The van der Waals surface area contributed by atoms with Gasteiger partial charge >= 0.3 is 0 Å². The number of alkyl halides is 4. The highest BCUT2D eigenvalue weighted by Gasteiger charge is 2.87. The molecule has 2 fully saturated rings. The first-order chi connectivity index (χ1) is 16.5. The summed E-state index contributed by atoms with van der Waals surface area (Å²) in [6, 6.07) is 16.0. The van der Waals surface area contributed by atoms with Crippen molar-refractivity contribution < 1.29 is 14.4 Å². The maximum absolute atomic E-state index is 13.5. The molecule has 0 spiro atoms. The van der Waals surface area contributed by atoms with Gasteiger partial charge in [-0.15, -0.1) is 23.2 Å². The Morgan fingerprint density at radius 1 is 0.857 bits per heavy atom. The van der Waals surface area contributed by atoms with Crippen molar-refractivity contribution in [3.8, 4) is 0 Å². The second-order valence-corrected chi connectivity index (χ2v) is 12.0. The first-order valence-corrected chi connectivity index (χ1v) is 12.9. The predicted octanol–water partition coefficient (Wildman–Crippen LogP) is 6.21. The van der Waals surface area contributed by atoms with Gasteiger partial charge in [-0.05, 0) is 30.2 Å². The number of hydrogen-bond donors (Lipinski definition) is 1. The summed E-state index contributed by atoms with van der Waals surface area (Å²) in [5.41, 5.74) is 1.69. The molecule has 182 valence electrons. The molecule has 1 aliphatic heterocycles. The SMILES string of the molecule is O=C(CCc1ccccc1)Nc1cccc(N2C(=O)[C@@H]3[C@@H](C2=O)[C@]2(Cl)C(Cl)=C(Cl)[C@]3(Cl)C2(Cl)Cl)c1. The number of benzene rings is 2. The highest BCUT2D eigenvalue weighted by Crippen LogP contribution is 2.77. The van der Waals surface area contributed by atoms with Gasteiger partial charge in [0.25, 0.3) is 0 Å². The Balaban J connectivity index is 1.39. The van der Waals surface area contributed by atoms with E-state index in [0.29, 0.717) is 12.1 Å². The molecule has 3 aliphatic rings. The second-order valence-electron chi connectivity index (χ2n) is 8.68. The van der Waals surface area contributed by atoms with Crippen molar-refractivity contribution in [2.45, 2.75) is 26.9 Å². The highest BCUT2D eigenvalue weighted by atomic mass is 35.5. The van der Waals surface area contributed by atoms with E-state index >= 15 is 0 Å². The molecule has 0 unspecified atom stereocenters. The van der Waals surface area contributed by atoms with Gasteiger partial charge in [-0.1, -0.05) is 82.8 Å². The van der Waals surface area contributed by atoms with Gasteiger partial charge in [0.2, 0.25) is 17.7 Å². The van der Waals surface area contributed by atoms with Crippen molar-refractivity contribution in [2.75, 3.05) is 10.2 Å². The summed E-state index contributed by atoms with van der Waals surface area (Å²) < 4.78 is -1.99. The lowest BCUT2D eigenvalue weighted by atomic mass is 9.84. The van der Waals surface area contributed by atoms with E-state index in [1.807, 2.05) is 30.3 Å². The number of nitrogens with one attached hydrogen (secondary N) is 1. The lowest BCUT2D eigenvalue weighted by Crippen LogP contribution is -2.50. The lowest BCUT2D eigenvalue weighted by molar-refractivity contribution is -0.123. The topological polar surface area (TPSA) is 66.5 Å².